The Hall–Kier alpha value is -1.06. The first-order valence-corrected chi connectivity index (χ1v) is 10.1. The van der Waals surface area contributed by atoms with Gasteiger partial charge in [-0.05, 0) is 6.42 Å². The van der Waals surface area contributed by atoms with Crippen molar-refractivity contribution in [2.45, 2.75) is 43.5 Å². The Bertz CT molecular complexity index is 508. The largest absolute Gasteiger partial charge is 0.430 e. The number of aliphatic hydroxyl groups is 2. The normalized spacial score (nSPS) is 14.2. The van der Waals surface area contributed by atoms with Gasteiger partial charge in [0.05, 0.1) is 8.07 Å². The summed E-state index contributed by atoms with van der Waals surface area (Å²) in [5, 5.41) is 18.8. The van der Waals surface area contributed by atoms with E-state index in [9.17, 15) is 31.4 Å². The monoisotopic (exact) mass is 360 g/mol. The molecule has 132 valence electrons. The minimum atomic E-state index is -5.88. The fraction of sp³-hybridized carbons (Fsp3) is 0.571. The molecule has 0 aliphatic carbocycles. The SMILES string of the molecule is C[Si](C)(CCCO)c1ccc(C(O)(C(F)(F)F)C(F)(F)F)cc1. The second kappa shape index (κ2) is 6.44. The molecule has 0 heterocycles. The number of rotatable bonds is 5. The van der Waals surface area contributed by atoms with Gasteiger partial charge in [0.25, 0.3) is 5.60 Å². The van der Waals surface area contributed by atoms with E-state index < -0.39 is 31.6 Å². The van der Waals surface area contributed by atoms with Crippen molar-refractivity contribution in [2.75, 3.05) is 6.61 Å². The maximum absolute atomic E-state index is 12.8. The third-order valence-electron chi connectivity index (χ3n) is 3.86. The van der Waals surface area contributed by atoms with E-state index in [1.807, 2.05) is 13.1 Å². The molecule has 1 rings (SSSR count). The van der Waals surface area contributed by atoms with Crippen LogP contribution in [0.4, 0.5) is 26.3 Å². The molecule has 0 aliphatic heterocycles. The fourth-order valence-corrected chi connectivity index (χ4v) is 4.72. The second-order valence-electron chi connectivity index (χ2n) is 5.99. The van der Waals surface area contributed by atoms with Gasteiger partial charge < -0.3 is 10.2 Å². The zero-order valence-corrected chi connectivity index (χ0v) is 13.6. The van der Waals surface area contributed by atoms with E-state index in [1.54, 1.807) is 0 Å². The summed E-state index contributed by atoms with van der Waals surface area (Å²) in [6, 6.07) is 4.38. The molecule has 0 bridgehead atoms. The zero-order chi connectivity index (χ0) is 18.1. The Morgan fingerprint density at radius 3 is 1.70 bits per heavy atom. The van der Waals surface area contributed by atoms with E-state index >= 15 is 0 Å². The summed E-state index contributed by atoms with van der Waals surface area (Å²) < 4.78 is 76.8. The van der Waals surface area contributed by atoms with E-state index in [2.05, 4.69) is 0 Å². The molecule has 0 atom stereocenters. The highest BCUT2D eigenvalue weighted by molar-refractivity contribution is 6.89. The van der Waals surface area contributed by atoms with Crippen LogP contribution in [-0.2, 0) is 5.60 Å². The second-order valence-corrected chi connectivity index (χ2v) is 10.8. The van der Waals surface area contributed by atoms with Gasteiger partial charge in [-0.1, -0.05) is 48.6 Å². The first-order chi connectivity index (χ1) is 10.3. The molecule has 0 radical (unpaired) electrons. The molecule has 0 saturated heterocycles. The van der Waals surface area contributed by atoms with E-state index in [0.29, 0.717) is 29.8 Å². The third-order valence-corrected chi connectivity index (χ3v) is 7.36. The summed E-state index contributed by atoms with van der Waals surface area (Å²) in [7, 11) is -2.08. The summed E-state index contributed by atoms with van der Waals surface area (Å²) in [4.78, 5) is 0. The minimum Gasteiger partial charge on any atom is -0.396 e. The molecule has 1 aromatic carbocycles. The molecule has 0 saturated carbocycles. The lowest BCUT2D eigenvalue weighted by Gasteiger charge is -2.33. The summed E-state index contributed by atoms with van der Waals surface area (Å²) in [5.74, 6) is 0. The van der Waals surface area contributed by atoms with Gasteiger partial charge in [-0.25, -0.2) is 0 Å². The van der Waals surface area contributed by atoms with Crippen LogP contribution < -0.4 is 5.19 Å². The Morgan fingerprint density at radius 1 is 0.913 bits per heavy atom. The van der Waals surface area contributed by atoms with Crippen LogP contribution in [0.2, 0.25) is 19.1 Å². The van der Waals surface area contributed by atoms with Gasteiger partial charge in [0.2, 0.25) is 0 Å². The highest BCUT2D eigenvalue weighted by Crippen LogP contribution is 2.49. The van der Waals surface area contributed by atoms with Crippen molar-refractivity contribution in [3.63, 3.8) is 0 Å². The van der Waals surface area contributed by atoms with Gasteiger partial charge in [-0.3, -0.25) is 0 Å². The number of halogens is 6. The molecule has 0 fully saturated rings. The lowest BCUT2D eigenvalue weighted by molar-refractivity contribution is -0.376. The Morgan fingerprint density at radius 2 is 1.35 bits per heavy atom. The van der Waals surface area contributed by atoms with Crippen molar-refractivity contribution in [3.8, 4) is 0 Å². The van der Waals surface area contributed by atoms with Crippen molar-refractivity contribution in [3.05, 3.63) is 29.8 Å². The van der Waals surface area contributed by atoms with Crippen LogP contribution in [0, 0.1) is 0 Å². The van der Waals surface area contributed by atoms with Crippen LogP contribution in [0.5, 0.6) is 0 Å². The lowest BCUT2D eigenvalue weighted by atomic mass is 9.92. The first kappa shape index (κ1) is 20.0. The highest BCUT2D eigenvalue weighted by atomic mass is 28.3. The Kier molecular flexibility index (Phi) is 5.60. The average molecular weight is 360 g/mol. The summed E-state index contributed by atoms with van der Waals surface area (Å²) in [6.45, 7) is 3.77. The number of hydrogen-bond donors (Lipinski definition) is 2. The Labute approximate surface area is 130 Å². The molecule has 1 aromatic rings. The van der Waals surface area contributed by atoms with Crippen molar-refractivity contribution in [1.29, 1.82) is 0 Å². The molecule has 0 unspecified atom stereocenters. The van der Waals surface area contributed by atoms with Crippen LogP contribution in [0.15, 0.2) is 24.3 Å². The first-order valence-electron chi connectivity index (χ1n) is 6.85. The van der Waals surface area contributed by atoms with Gasteiger partial charge in [0, 0.05) is 12.2 Å². The molecule has 0 amide bonds. The van der Waals surface area contributed by atoms with Crippen molar-refractivity contribution in [2.24, 2.45) is 0 Å². The predicted octanol–water partition coefficient (Wildman–Crippen LogP) is 3.30. The zero-order valence-electron chi connectivity index (χ0n) is 12.6. The van der Waals surface area contributed by atoms with Gasteiger partial charge in [0.1, 0.15) is 0 Å². The van der Waals surface area contributed by atoms with Gasteiger partial charge in [-0.15, -0.1) is 0 Å². The maximum Gasteiger partial charge on any atom is 0.430 e. The quantitative estimate of drug-likeness (QED) is 0.625. The smallest absolute Gasteiger partial charge is 0.396 e. The van der Waals surface area contributed by atoms with E-state index in [0.717, 1.165) is 0 Å². The molecule has 0 aliphatic rings. The summed E-state index contributed by atoms with van der Waals surface area (Å²) >= 11 is 0. The van der Waals surface area contributed by atoms with E-state index in [1.165, 1.54) is 12.1 Å². The Balaban J connectivity index is 3.25. The van der Waals surface area contributed by atoms with Crippen molar-refractivity contribution in [1.82, 2.24) is 0 Å². The molecule has 2 nitrogen and oxygen atoms in total. The third kappa shape index (κ3) is 3.89. The minimum absolute atomic E-state index is 0.0313. The number of alkyl halides is 6. The molecule has 0 spiro atoms. The van der Waals surface area contributed by atoms with Gasteiger partial charge >= 0.3 is 12.4 Å². The number of aliphatic hydroxyl groups excluding tert-OH is 1. The molecule has 0 aromatic heterocycles. The van der Waals surface area contributed by atoms with Crippen molar-refractivity contribution < 1.29 is 36.6 Å². The molecule has 2 N–H and O–H groups in total. The maximum atomic E-state index is 12.8. The number of benzene rings is 1. The van der Waals surface area contributed by atoms with Crippen LogP contribution >= 0.6 is 0 Å². The van der Waals surface area contributed by atoms with Crippen molar-refractivity contribution >= 4 is 13.3 Å². The van der Waals surface area contributed by atoms with Gasteiger partial charge in [0.15, 0.2) is 0 Å². The van der Waals surface area contributed by atoms with E-state index in [4.69, 9.17) is 5.11 Å². The average Bonchev–Trinajstić information content (AvgIpc) is 2.42. The predicted molar refractivity (Wildman–Crippen MR) is 76.1 cm³/mol. The molecule has 9 heteroatoms. The highest BCUT2D eigenvalue weighted by Gasteiger charge is 2.71. The lowest BCUT2D eigenvalue weighted by Crippen LogP contribution is -2.54. The molecule has 23 heavy (non-hydrogen) atoms. The van der Waals surface area contributed by atoms with Crippen LogP contribution in [0.1, 0.15) is 12.0 Å². The summed E-state index contributed by atoms with van der Waals surface area (Å²) in [6.07, 6.45) is -11.2. The van der Waals surface area contributed by atoms with E-state index in [-0.39, 0.29) is 6.61 Å². The van der Waals surface area contributed by atoms with Crippen LogP contribution in [0.3, 0.4) is 0 Å². The topological polar surface area (TPSA) is 40.5 Å². The fourth-order valence-electron chi connectivity index (χ4n) is 2.32. The molecular weight excluding hydrogens is 342 g/mol. The van der Waals surface area contributed by atoms with Gasteiger partial charge in [-0.2, -0.15) is 26.3 Å². The van der Waals surface area contributed by atoms with Crippen LogP contribution in [0.25, 0.3) is 0 Å². The molecular formula is C14H18F6O2Si. The number of hydrogen-bond acceptors (Lipinski definition) is 2. The summed E-state index contributed by atoms with van der Waals surface area (Å²) in [5.41, 5.74) is -6.15. The standard InChI is InChI=1S/C14H18F6O2Si/c1-23(2,9-3-8-21)11-6-4-10(5-7-11)12(22,13(15,16)17)14(18,19)20/h4-7,21-22H,3,8-9H2,1-2H3. The van der Waals surface area contributed by atoms with Crippen LogP contribution in [-0.4, -0.2) is 37.2 Å².